The normalized spacial score (nSPS) is 28.9. The molecule has 136 valence electrons. The number of nitrogens with one attached hydrogen (secondary N) is 1. The monoisotopic (exact) mass is 385 g/mol. The van der Waals surface area contributed by atoms with Crippen molar-refractivity contribution in [3.8, 4) is 0 Å². The molecule has 1 aromatic rings. The van der Waals surface area contributed by atoms with Crippen LogP contribution in [0.25, 0.3) is 0 Å². The van der Waals surface area contributed by atoms with E-state index in [0.717, 1.165) is 25.1 Å². The minimum Gasteiger partial charge on any atom is -0.379 e. The first-order chi connectivity index (χ1) is 11.9. The number of likely N-dealkylation sites (tertiary alicyclic amines) is 1. The Morgan fingerprint density at radius 3 is 2.92 bits per heavy atom. The molecular weight excluding hydrogens is 366 g/mol. The molecular formula is C15H20ClN5O3S. The second-order valence-electron chi connectivity index (χ2n) is 7.44. The van der Waals surface area contributed by atoms with Gasteiger partial charge in [-0.25, -0.2) is 5.01 Å². The number of amides is 2. The second-order valence-corrected chi connectivity index (χ2v) is 8.79. The molecule has 3 aliphatic heterocycles. The van der Waals surface area contributed by atoms with E-state index in [1.54, 1.807) is 5.01 Å². The van der Waals surface area contributed by atoms with Gasteiger partial charge in [-0.15, -0.1) is 5.10 Å². The quantitative estimate of drug-likeness (QED) is 0.829. The lowest BCUT2D eigenvalue weighted by Gasteiger charge is -2.48. The van der Waals surface area contributed by atoms with Crippen LogP contribution in [0.2, 0.25) is 4.34 Å². The van der Waals surface area contributed by atoms with Gasteiger partial charge in [0.2, 0.25) is 5.91 Å². The van der Waals surface area contributed by atoms with Gasteiger partial charge in [-0.3, -0.25) is 19.9 Å². The predicted octanol–water partition coefficient (Wildman–Crippen LogP) is 0.826. The minimum absolute atomic E-state index is 0.0557. The van der Waals surface area contributed by atoms with Crippen LogP contribution in [0.4, 0.5) is 0 Å². The van der Waals surface area contributed by atoms with E-state index >= 15 is 0 Å². The third-order valence-electron chi connectivity index (χ3n) is 5.28. The summed E-state index contributed by atoms with van der Waals surface area (Å²) in [4.78, 5) is 27.4. The van der Waals surface area contributed by atoms with Crippen LogP contribution in [0.5, 0.6) is 0 Å². The van der Waals surface area contributed by atoms with Crippen molar-refractivity contribution in [1.82, 2.24) is 24.9 Å². The molecule has 0 aromatic carbocycles. The smallest absolute Gasteiger partial charge is 0.252 e. The Bertz CT molecular complexity index is 709. The number of piperidine rings is 1. The summed E-state index contributed by atoms with van der Waals surface area (Å²) in [6.07, 6.45) is 2.03. The van der Waals surface area contributed by atoms with Crippen molar-refractivity contribution in [3.63, 3.8) is 0 Å². The molecule has 10 heteroatoms. The van der Waals surface area contributed by atoms with Gasteiger partial charge in [0.05, 0.1) is 30.6 Å². The molecule has 25 heavy (non-hydrogen) atoms. The summed E-state index contributed by atoms with van der Waals surface area (Å²) >= 11 is 7.29. The molecule has 0 saturated carbocycles. The third kappa shape index (κ3) is 2.92. The number of aromatic nitrogens is 2. The summed E-state index contributed by atoms with van der Waals surface area (Å²) in [5.74, 6) is -0.160. The lowest BCUT2D eigenvalue weighted by molar-refractivity contribution is -0.179. The Morgan fingerprint density at radius 2 is 2.28 bits per heavy atom. The first-order valence-corrected chi connectivity index (χ1v) is 9.48. The van der Waals surface area contributed by atoms with E-state index in [4.69, 9.17) is 16.3 Å². The average Bonchev–Trinajstić information content (AvgIpc) is 3.08. The highest BCUT2D eigenvalue weighted by Crippen LogP contribution is 2.39. The zero-order chi connectivity index (χ0) is 17.7. The molecule has 0 bridgehead atoms. The number of hydrazine groups is 1. The Balaban J connectivity index is 1.54. The van der Waals surface area contributed by atoms with Gasteiger partial charge in [-0.1, -0.05) is 16.1 Å². The molecule has 1 spiro atoms. The summed E-state index contributed by atoms with van der Waals surface area (Å²) in [5.41, 5.74) is 2.48. The molecule has 3 fully saturated rings. The van der Waals surface area contributed by atoms with Crippen molar-refractivity contribution in [3.05, 3.63) is 10.0 Å². The molecule has 1 unspecified atom stereocenters. The number of hydrogen-bond acceptors (Lipinski definition) is 7. The third-order valence-corrected chi connectivity index (χ3v) is 6.26. The Hall–Kier alpha value is -1.29. The fourth-order valence-electron chi connectivity index (χ4n) is 3.90. The Kier molecular flexibility index (Phi) is 4.22. The number of rotatable bonds is 3. The first kappa shape index (κ1) is 17.1. The maximum atomic E-state index is 13.0. The van der Waals surface area contributed by atoms with Crippen molar-refractivity contribution < 1.29 is 14.3 Å². The van der Waals surface area contributed by atoms with E-state index < -0.39 is 11.0 Å². The van der Waals surface area contributed by atoms with Crippen LogP contribution in [0.15, 0.2) is 0 Å². The highest BCUT2D eigenvalue weighted by molar-refractivity contribution is 7.10. The number of ether oxygens (including phenoxy) is 1. The van der Waals surface area contributed by atoms with Gasteiger partial charge in [-0.05, 0) is 26.3 Å². The van der Waals surface area contributed by atoms with E-state index in [-0.39, 0.29) is 11.8 Å². The van der Waals surface area contributed by atoms with Crippen LogP contribution in [0, 0.1) is 5.41 Å². The number of halogens is 1. The van der Waals surface area contributed by atoms with E-state index in [1.807, 2.05) is 6.92 Å². The fraction of sp³-hybridized carbons (Fsp3) is 0.733. The molecule has 8 nitrogen and oxygen atoms in total. The van der Waals surface area contributed by atoms with Gasteiger partial charge in [0.15, 0.2) is 0 Å². The highest BCUT2D eigenvalue weighted by Gasteiger charge is 2.55. The van der Waals surface area contributed by atoms with E-state index in [9.17, 15) is 9.59 Å². The van der Waals surface area contributed by atoms with Crippen LogP contribution in [-0.2, 0) is 20.9 Å². The number of hydrogen-bond donors (Lipinski definition) is 1. The molecule has 4 heterocycles. The number of carbonyl (C=O) groups excluding carboxylic acids is 2. The summed E-state index contributed by atoms with van der Waals surface area (Å²) in [6, 6.07) is 0. The van der Waals surface area contributed by atoms with Crippen molar-refractivity contribution in [2.45, 2.75) is 38.3 Å². The number of carbonyl (C=O) groups is 2. The Morgan fingerprint density at radius 1 is 1.48 bits per heavy atom. The topological polar surface area (TPSA) is 87.7 Å². The van der Waals surface area contributed by atoms with Gasteiger partial charge >= 0.3 is 0 Å². The van der Waals surface area contributed by atoms with Crippen LogP contribution in [0.3, 0.4) is 0 Å². The van der Waals surface area contributed by atoms with Gasteiger partial charge < -0.3 is 4.74 Å². The maximum absolute atomic E-state index is 13.0. The SMILES string of the molecule is CC1(C(=O)N2NC(=O)CC23CCCN(Cc2nnsc2Cl)C3)COC1. The molecule has 1 N–H and O–H groups in total. The van der Waals surface area contributed by atoms with Crippen LogP contribution < -0.4 is 5.43 Å². The van der Waals surface area contributed by atoms with Crippen molar-refractivity contribution in [1.29, 1.82) is 0 Å². The molecule has 3 saturated heterocycles. The average molecular weight is 386 g/mol. The van der Waals surface area contributed by atoms with E-state index in [2.05, 4.69) is 19.9 Å². The molecule has 3 aliphatic rings. The van der Waals surface area contributed by atoms with Crippen LogP contribution in [-0.4, -0.2) is 63.2 Å². The molecule has 1 atom stereocenters. The second kappa shape index (κ2) is 6.15. The van der Waals surface area contributed by atoms with Gasteiger partial charge in [0, 0.05) is 24.6 Å². The predicted molar refractivity (Wildman–Crippen MR) is 90.7 cm³/mol. The fourth-order valence-corrected chi connectivity index (χ4v) is 4.51. The highest BCUT2D eigenvalue weighted by atomic mass is 35.5. The summed E-state index contributed by atoms with van der Waals surface area (Å²) < 4.78 is 9.69. The molecule has 4 rings (SSSR count). The van der Waals surface area contributed by atoms with Crippen molar-refractivity contribution in [2.75, 3.05) is 26.3 Å². The summed E-state index contributed by atoms with van der Waals surface area (Å²) in [7, 11) is 0. The standard InChI is InChI=1S/C15H20ClN5O3S/c1-14(8-24-9-14)13(23)21-15(5-11(22)18-21)3-2-4-20(7-15)6-10-12(16)25-19-17-10/h2-9H2,1H3,(H,18,22). The minimum atomic E-state index is -0.547. The van der Waals surface area contributed by atoms with Crippen LogP contribution >= 0.6 is 23.1 Å². The van der Waals surface area contributed by atoms with Crippen molar-refractivity contribution >= 4 is 34.9 Å². The lowest BCUT2D eigenvalue weighted by atomic mass is 9.82. The molecule has 1 aromatic heterocycles. The van der Waals surface area contributed by atoms with Crippen molar-refractivity contribution in [2.24, 2.45) is 5.41 Å². The largest absolute Gasteiger partial charge is 0.379 e. The van der Waals surface area contributed by atoms with Gasteiger partial charge in [-0.2, -0.15) is 0 Å². The lowest BCUT2D eigenvalue weighted by Crippen LogP contribution is -2.65. The molecule has 0 aliphatic carbocycles. The van der Waals surface area contributed by atoms with E-state index in [0.29, 0.717) is 37.1 Å². The van der Waals surface area contributed by atoms with Gasteiger partial charge in [0.1, 0.15) is 10.0 Å². The van der Waals surface area contributed by atoms with Crippen LogP contribution in [0.1, 0.15) is 31.9 Å². The zero-order valence-corrected chi connectivity index (χ0v) is 15.5. The van der Waals surface area contributed by atoms with Gasteiger partial charge in [0.25, 0.3) is 5.91 Å². The summed E-state index contributed by atoms with van der Waals surface area (Å²) in [6.45, 7) is 4.76. The summed E-state index contributed by atoms with van der Waals surface area (Å²) in [5, 5.41) is 5.66. The Labute approximate surface area is 154 Å². The zero-order valence-electron chi connectivity index (χ0n) is 14.0. The molecule has 2 amide bonds. The molecule has 0 radical (unpaired) electrons. The number of nitrogens with zero attached hydrogens (tertiary/aromatic N) is 4. The maximum Gasteiger partial charge on any atom is 0.252 e. The first-order valence-electron chi connectivity index (χ1n) is 8.33. The van der Waals surface area contributed by atoms with E-state index in [1.165, 1.54) is 11.5 Å².